The largest absolute Gasteiger partial charge is 0.384 e. The van der Waals surface area contributed by atoms with Gasteiger partial charge >= 0.3 is 0 Å². The second-order valence-corrected chi connectivity index (χ2v) is 2.54. The minimum atomic E-state index is 0.353. The third kappa shape index (κ3) is 3.78. The number of alkyl halides is 1. The minimum Gasteiger partial charge on any atom is -0.384 e. The van der Waals surface area contributed by atoms with Crippen molar-refractivity contribution in [2.45, 2.75) is 0 Å². The first-order valence-corrected chi connectivity index (χ1v) is 4.43. The van der Waals surface area contributed by atoms with Crippen molar-refractivity contribution in [3.8, 4) is 0 Å². The molecule has 0 radical (unpaired) electrons. The molecule has 0 aliphatic heterocycles. The van der Waals surface area contributed by atoms with Crippen molar-refractivity contribution in [3.63, 3.8) is 0 Å². The van der Waals surface area contributed by atoms with Crippen LogP contribution in [0.2, 0.25) is 0 Å². The number of halogens is 1. The fourth-order valence-corrected chi connectivity index (χ4v) is 0.984. The molecular formula is C5H13IN4. The summed E-state index contributed by atoms with van der Waals surface area (Å²) in [6, 6.07) is 0. The average molecular weight is 256 g/mol. The molecule has 5 heteroatoms. The molecule has 0 fully saturated rings. The van der Waals surface area contributed by atoms with E-state index in [-0.39, 0.29) is 0 Å². The molecule has 0 aromatic rings. The fourth-order valence-electron chi connectivity index (χ4n) is 0.524. The summed E-state index contributed by atoms with van der Waals surface area (Å²) in [7, 11) is 1.85. The van der Waals surface area contributed by atoms with Gasteiger partial charge in [0.15, 0.2) is 0 Å². The molecule has 0 saturated heterocycles. The normalized spacial score (nSPS) is 9.00. The van der Waals surface area contributed by atoms with E-state index in [0.29, 0.717) is 12.4 Å². The molecular weight excluding hydrogens is 243 g/mol. The molecule has 0 unspecified atom stereocenters. The van der Waals surface area contributed by atoms with Crippen LogP contribution in [0.25, 0.3) is 0 Å². The van der Waals surface area contributed by atoms with Crippen LogP contribution in [0.15, 0.2) is 11.5 Å². The number of likely N-dealkylation sites (N-methyl/N-ethyl adjacent to an activating group) is 1. The summed E-state index contributed by atoms with van der Waals surface area (Å²) < 4.78 is 0.812. The van der Waals surface area contributed by atoms with E-state index in [9.17, 15) is 0 Å². The van der Waals surface area contributed by atoms with E-state index in [1.807, 2.05) is 7.05 Å². The van der Waals surface area contributed by atoms with E-state index in [1.54, 1.807) is 0 Å². The monoisotopic (exact) mass is 256 g/mol. The predicted octanol–water partition coefficient (Wildman–Crippen LogP) is -0.726. The number of nitrogens with two attached hydrogens (primary N) is 2. The van der Waals surface area contributed by atoms with Crippen molar-refractivity contribution in [3.05, 3.63) is 11.5 Å². The van der Waals surface area contributed by atoms with E-state index in [1.165, 1.54) is 0 Å². The molecule has 6 N–H and O–H groups in total. The highest BCUT2D eigenvalue weighted by atomic mass is 127. The molecule has 0 heterocycles. The van der Waals surface area contributed by atoms with E-state index >= 15 is 0 Å². The van der Waals surface area contributed by atoms with Gasteiger partial charge in [-0.05, 0) is 7.05 Å². The highest BCUT2D eigenvalue weighted by Gasteiger charge is 1.95. The molecule has 0 aromatic carbocycles. The Morgan fingerprint density at radius 3 is 2.40 bits per heavy atom. The lowest BCUT2D eigenvalue weighted by molar-refractivity contribution is 0.786. The van der Waals surface area contributed by atoms with Gasteiger partial charge in [-0.2, -0.15) is 0 Å². The Morgan fingerprint density at radius 2 is 2.10 bits per heavy atom. The third-order valence-corrected chi connectivity index (χ3v) is 1.36. The number of hydrogen-bond acceptors (Lipinski definition) is 4. The van der Waals surface area contributed by atoms with Gasteiger partial charge in [0.2, 0.25) is 0 Å². The second kappa shape index (κ2) is 5.60. The molecule has 10 heavy (non-hydrogen) atoms. The van der Waals surface area contributed by atoms with Gasteiger partial charge < -0.3 is 22.1 Å². The van der Waals surface area contributed by atoms with Crippen molar-refractivity contribution in [1.82, 2.24) is 10.6 Å². The summed E-state index contributed by atoms with van der Waals surface area (Å²) in [6.07, 6.45) is 0. The Hall–Kier alpha value is -0.170. The van der Waals surface area contributed by atoms with E-state index in [2.05, 4.69) is 33.2 Å². The Bertz CT molecular complexity index is 111. The Morgan fingerprint density at radius 1 is 1.50 bits per heavy atom. The molecule has 60 valence electrons. The highest BCUT2D eigenvalue weighted by Crippen LogP contribution is 1.88. The lowest BCUT2D eigenvalue weighted by Crippen LogP contribution is -2.28. The molecule has 0 atom stereocenters. The maximum absolute atomic E-state index is 5.36. The van der Waals surface area contributed by atoms with Crippen LogP contribution >= 0.6 is 22.6 Å². The molecule has 0 bridgehead atoms. The zero-order valence-corrected chi connectivity index (χ0v) is 8.10. The van der Waals surface area contributed by atoms with Crippen molar-refractivity contribution in [1.29, 1.82) is 0 Å². The van der Waals surface area contributed by atoms with E-state index in [4.69, 9.17) is 11.5 Å². The zero-order valence-electron chi connectivity index (χ0n) is 5.95. The van der Waals surface area contributed by atoms with Crippen LogP contribution in [0.1, 0.15) is 0 Å². The van der Waals surface area contributed by atoms with Crippen LogP contribution in [0.3, 0.4) is 0 Å². The van der Waals surface area contributed by atoms with Crippen molar-refractivity contribution >= 4 is 22.6 Å². The SMILES string of the molecule is CNCC(NCI)=C(N)N. The molecule has 0 spiro atoms. The smallest absolute Gasteiger partial charge is 0.114 e. The summed E-state index contributed by atoms with van der Waals surface area (Å²) in [5.74, 6) is 0.353. The van der Waals surface area contributed by atoms with Gasteiger partial charge in [0, 0.05) is 6.54 Å². The molecule has 0 rings (SSSR count). The second-order valence-electron chi connectivity index (χ2n) is 1.77. The maximum Gasteiger partial charge on any atom is 0.114 e. The quantitative estimate of drug-likeness (QED) is 0.304. The standard InChI is InChI=1S/C5H13IN4/c1-9-2-4(5(7)8)10-3-6/h9-10H,2-3,7-8H2,1H3. The summed E-state index contributed by atoms with van der Waals surface area (Å²) in [5, 5.41) is 5.99. The summed E-state index contributed by atoms with van der Waals surface area (Å²) >= 11 is 2.19. The summed E-state index contributed by atoms with van der Waals surface area (Å²) in [6.45, 7) is 0.686. The molecule has 0 aromatic heterocycles. The Balaban J connectivity index is 3.86. The Kier molecular flexibility index (Phi) is 5.51. The number of rotatable bonds is 4. The van der Waals surface area contributed by atoms with Gasteiger partial charge in [0.25, 0.3) is 0 Å². The molecule has 0 amide bonds. The topological polar surface area (TPSA) is 76.1 Å². The van der Waals surface area contributed by atoms with Gasteiger partial charge in [-0.25, -0.2) is 0 Å². The van der Waals surface area contributed by atoms with Gasteiger partial charge in [-0.15, -0.1) is 0 Å². The first-order chi connectivity index (χ1) is 4.72. The molecule has 0 aliphatic rings. The predicted molar refractivity (Wildman–Crippen MR) is 51.4 cm³/mol. The fraction of sp³-hybridized carbons (Fsp3) is 0.600. The van der Waals surface area contributed by atoms with Gasteiger partial charge in [0.05, 0.1) is 10.2 Å². The lowest BCUT2D eigenvalue weighted by atomic mass is 10.4. The van der Waals surface area contributed by atoms with Crippen LogP contribution in [0.4, 0.5) is 0 Å². The lowest BCUT2D eigenvalue weighted by Gasteiger charge is -2.08. The van der Waals surface area contributed by atoms with Gasteiger partial charge in [0.1, 0.15) is 5.82 Å². The van der Waals surface area contributed by atoms with Crippen molar-refractivity contribution < 1.29 is 0 Å². The first-order valence-electron chi connectivity index (χ1n) is 2.91. The number of hydrogen-bond donors (Lipinski definition) is 4. The van der Waals surface area contributed by atoms with E-state index in [0.717, 1.165) is 10.2 Å². The van der Waals surface area contributed by atoms with Gasteiger partial charge in [-0.3, -0.25) is 0 Å². The van der Waals surface area contributed by atoms with Crippen LogP contribution in [-0.2, 0) is 0 Å². The van der Waals surface area contributed by atoms with Crippen LogP contribution in [-0.4, -0.2) is 18.1 Å². The zero-order chi connectivity index (χ0) is 7.98. The van der Waals surface area contributed by atoms with E-state index < -0.39 is 0 Å². The minimum absolute atomic E-state index is 0.353. The molecule has 0 aliphatic carbocycles. The van der Waals surface area contributed by atoms with Crippen LogP contribution in [0, 0.1) is 0 Å². The van der Waals surface area contributed by atoms with Gasteiger partial charge in [-0.1, -0.05) is 22.6 Å². The summed E-state index contributed by atoms with van der Waals surface area (Å²) in [5.41, 5.74) is 11.6. The molecule has 0 saturated carbocycles. The number of nitrogens with one attached hydrogen (secondary N) is 2. The Labute approximate surface area is 74.6 Å². The highest BCUT2D eigenvalue weighted by molar-refractivity contribution is 14.1. The van der Waals surface area contributed by atoms with Crippen LogP contribution in [0.5, 0.6) is 0 Å². The maximum atomic E-state index is 5.36. The first kappa shape index (κ1) is 9.83. The van der Waals surface area contributed by atoms with Crippen LogP contribution < -0.4 is 22.1 Å². The summed E-state index contributed by atoms with van der Waals surface area (Å²) in [4.78, 5) is 0. The molecule has 4 nitrogen and oxygen atoms in total. The van der Waals surface area contributed by atoms with Crippen molar-refractivity contribution in [2.24, 2.45) is 11.5 Å². The van der Waals surface area contributed by atoms with Crippen molar-refractivity contribution in [2.75, 3.05) is 18.1 Å². The average Bonchev–Trinajstić information content (AvgIpc) is 1.87. The third-order valence-electron chi connectivity index (χ3n) is 0.982.